The summed E-state index contributed by atoms with van der Waals surface area (Å²) in [5.74, 6) is 2.08. The van der Waals surface area contributed by atoms with Crippen LogP contribution in [0.5, 0.6) is 0 Å². The summed E-state index contributed by atoms with van der Waals surface area (Å²) in [6.45, 7) is 7.77. The Labute approximate surface area is 123 Å². The van der Waals surface area contributed by atoms with E-state index in [1.165, 1.54) is 4.88 Å². The van der Waals surface area contributed by atoms with Gasteiger partial charge in [-0.2, -0.15) is 11.8 Å². The predicted molar refractivity (Wildman–Crippen MR) is 85.5 cm³/mol. The average molecular weight is 298 g/mol. The molecule has 1 amide bonds. The first-order valence-corrected chi connectivity index (χ1v) is 8.39. The van der Waals surface area contributed by atoms with Gasteiger partial charge in [0.1, 0.15) is 0 Å². The van der Waals surface area contributed by atoms with Crippen molar-refractivity contribution < 1.29 is 4.79 Å². The van der Waals surface area contributed by atoms with E-state index in [0.29, 0.717) is 31.3 Å². The van der Waals surface area contributed by atoms with Crippen molar-refractivity contribution in [1.29, 1.82) is 0 Å². The van der Waals surface area contributed by atoms with E-state index in [-0.39, 0.29) is 5.91 Å². The Morgan fingerprint density at radius 1 is 1.68 bits per heavy atom. The minimum absolute atomic E-state index is 0.169. The number of hydrogen-bond donors (Lipinski definition) is 1. The molecule has 2 N–H and O–H groups in total. The van der Waals surface area contributed by atoms with Crippen LogP contribution >= 0.6 is 23.1 Å². The first-order valence-electron chi connectivity index (χ1n) is 6.36. The number of nitrogens with two attached hydrogens (primary N) is 1. The number of carbonyl (C=O) groups excluding carboxylic acids is 1. The Hall–Kier alpha value is -0.780. The van der Waals surface area contributed by atoms with E-state index in [2.05, 4.69) is 19.6 Å². The van der Waals surface area contributed by atoms with Gasteiger partial charge in [-0.15, -0.1) is 17.9 Å². The van der Waals surface area contributed by atoms with Gasteiger partial charge in [-0.1, -0.05) is 19.1 Å². The van der Waals surface area contributed by atoms with Crippen LogP contribution in [0.25, 0.3) is 0 Å². The molecule has 0 saturated heterocycles. The monoisotopic (exact) mass is 298 g/mol. The highest BCUT2D eigenvalue weighted by molar-refractivity contribution is 7.99. The second-order valence-corrected chi connectivity index (χ2v) is 6.56. The smallest absolute Gasteiger partial charge is 0.233 e. The van der Waals surface area contributed by atoms with Gasteiger partial charge in [-0.25, -0.2) is 0 Å². The highest BCUT2D eigenvalue weighted by Gasteiger charge is 2.13. The lowest BCUT2D eigenvalue weighted by molar-refractivity contribution is -0.128. The number of nitrogens with zero attached hydrogens (tertiary/aromatic N) is 1. The number of amides is 1. The predicted octanol–water partition coefficient (Wildman–Crippen LogP) is 2.59. The highest BCUT2D eigenvalue weighted by atomic mass is 32.2. The van der Waals surface area contributed by atoms with Crippen molar-refractivity contribution in [2.24, 2.45) is 11.7 Å². The van der Waals surface area contributed by atoms with Crippen LogP contribution in [-0.4, -0.2) is 35.4 Å². The second-order valence-electron chi connectivity index (χ2n) is 4.50. The van der Waals surface area contributed by atoms with Gasteiger partial charge in [0, 0.05) is 11.4 Å². The zero-order valence-electron chi connectivity index (χ0n) is 11.4. The van der Waals surface area contributed by atoms with Gasteiger partial charge in [-0.05, 0) is 29.7 Å². The van der Waals surface area contributed by atoms with Crippen molar-refractivity contribution in [3.05, 3.63) is 35.0 Å². The third-order valence-electron chi connectivity index (χ3n) is 2.66. The largest absolute Gasteiger partial charge is 0.333 e. The molecule has 3 nitrogen and oxygen atoms in total. The normalized spacial score (nSPS) is 12.1. The number of thiophene rings is 1. The van der Waals surface area contributed by atoms with E-state index in [1.807, 2.05) is 16.3 Å². The van der Waals surface area contributed by atoms with Crippen molar-refractivity contribution in [1.82, 2.24) is 4.90 Å². The molecular formula is C14H22N2OS2. The lowest BCUT2D eigenvalue weighted by Gasteiger charge is -2.20. The minimum Gasteiger partial charge on any atom is -0.333 e. The zero-order chi connectivity index (χ0) is 14.1. The lowest BCUT2D eigenvalue weighted by Crippen LogP contribution is -2.32. The maximum absolute atomic E-state index is 12.2. The number of carbonyl (C=O) groups is 1. The summed E-state index contributed by atoms with van der Waals surface area (Å²) in [4.78, 5) is 15.2. The van der Waals surface area contributed by atoms with Crippen LogP contribution in [0.4, 0.5) is 0 Å². The molecular weight excluding hydrogens is 276 g/mol. The molecule has 1 aromatic rings. The first kappa shape index (κ1) is 16.3. The summed E-state index contributed by atoms with van der Waals surface area (Å²) in [6, 6.07) is 4.06. The van der Waals surface area contributed by atoms with Gasteiger partial charge in [0.2, 0.25) is 5.91 Å². The van der Waals surface area contributed by atoms with E-state index in [0.717, 1.165) is 5.75 Å². The summed E-state index contributed by atoms with van der Waals surface area (Å²) in [6.07, 6.45) is 1.78. The highest BCUT2D eigenvalue weighted by Crippen LogP contribution is 2.14. The van der Waals surface area contributed by atoms with E-state index in [4.69, 9.17) is 5.73 Å². The van der Waals surface area contributed by atoms with Crippen LogP contribution in [0.1, 0.15) is 11.8 Å². The molecule has 1 aromatic heterocycles. The molecule has 0 spiro atoms. The van der Waals surface area contributed by atoms with Crippen molar-refractivity contribution in [2.45, 2.75) is 13.5 Å². The summed E-state index contributed by atoms with van der Waals surface area (Å²) in [5.41, 5.74) is 5.57. The Morgan fingerprint density at radius 3 is 3.05 bits per heavy atom. The van der Waals surface area contributed by atoms with Crippen LogP contribution in [0.15, 0.2) is 30.2 Å². The maximum Gasteiger partial charge on any atom is 0.233 e. The van der Waals surface area contributed by atoms with Crippen LogP contribution in [0, 0.1) is 5.92 Å². The minimum atomic E-state index is 0.169. The quantitative estimate of drug-likeness (QED) is 0.713. The third-order valence-corrected chi connectivity index (χ3v) is 4.78. The zero-order valence-corrected chi connectivity index (χ0v) is 13.0. The van der Waals surface area contributed by atoms with E-state index in [1.54, 1.807) is 29.2 Å². The fraction of sp³-hybridized carbons (Fsp3) is 0.500. The van der Waals surface area contributed by atoms with Crippen molar-refractivity contribution in [3.63, 3.8) is 0 Å². The Kier molecular flexibility index (Phi) is 7.86. The SMILES string of the molecule is C=CCN(Cc1cccs1)C(=O)CSCC(C)CN. The Bertz CT molecular complexity index is 379. The average Bonchev–Trinajstić information content (AvgIpc) is 2.90. The fourth-order valence-electron chi connectivity index (χ4n) is 1.51. The molecule has 0 aliphatic carbocycles. The van der Waals surface area contributed by atoms with E-state index in [9.17, 15) is 4.79 Å². The molecule has 0 aliphatic rings. The van der Waals surface area contributed by atoms with E-state index >= 15 is 0 Å². The van der Waals surface area contributed by atoms with Gasteiger partial charge in [0.25, 0.3) is 0 Å². The van der Waals surface area contributed by atoms with Gasteiger partial charge >= 0.3 is 0 Å². The molecule has 5 heteroatoms. The molecule has 0 radical (unpaired) electrons. The fourth-order valence-corrected chi connectivity index (χ4v) is 3.24. The molecule has 1 heterocycles. The molecule has 0 aliphatic heterocycles. The molecule has 1 atom stereocenters. The molecule has 19 heavy (non-hydrogen) atoms. The van der Waals surface area contributed by atoms with Crippen molar-refractivity contribution >= 4 is 29.0 Å². The van der Waals surface area contributed by atoms with Crippen LogP contribution in [-0.2, 0) is 11.3 Å². The summed E-state index contributed by atoms with van der Waals surface area (Å²) in [5, 5.41) is 2.03. The Morgan fingerprint density at radius 2 is 2.47 bits per heavy atom. The number of thioether (sulfide) groups is 1. The standard InChI is InChI=1S/C14H22N2OS2/c1-3-6-16(9-13-5-4-7-19-13)14(17)11-18-10-12(2)8-15/h3-5,7,12H,1,6,8-11,15H2,2H3. The number of hydrogen-bond acceptors (Lipinski definition) is 4. The molecule has 0 bridgehead atoms. The summed E-state index contributed by atoms with van der Waals surface area (Å²) >= 11 is 3.33. The maximum atomic E-state index is 12.2. The van der Waals surface area contributed by atoms with Gasteiger partial charge in [-0.3, -0.25) is 4.79 Å². The van der Waals surface area contributed by atoms with Gasteiger partial charge in [0.15, 0.2) is 0 Å². The molecule has 0 saturated carbocycles. The third kappa shape index (κ3) is 6.27. The van der Waals surface area contributed by atoms with Crippen LogP contribution in [0.2, 0.25) is 0 Å². The Balaban J connectivity index is 2.41. The summed E-state index contributed by atoms with van der Waals surface area (Å²) in [7, 11) is 0. The molecule has 1 rings (SSSR count). The van der Waals surface area contributed by atoms with Crippen molar-refractivity contribution in [3.8, 4) is 0 Å². The lowest BCUT2D eigenvalue weighted by atomic mass is 10.2. The van der Waals surface area contributed by atoms with Gasteiger partial charge in [0.05, 0.1) is 12.3 Å². The van der Waals surface area contributed by atoms with E-state index < -0.39 is 0 Å². The van der Waals surface area contributed by atoms with Crippen LogP contribution in [0.3, 0.4) is 0 Å². The molecule has 0 aromatic carbocycles. The van der Waals surface area contributed by atoms with Crippen molar-refractivity contribution in [2.75, 3.05) is 24.6 Å². The van der Waals surface area contributed by atoms with Crippen LogP contribution < -0.4 is 5.73 Å². The number of rotatable bonds is 9. The second kappa shape index (κ2) is 9.18. The molecule has 1 unspecified atom stereocenters. The summed E-state index contributed by atoms with van der Waals surface area (Å²) < 4.78 is 0. The van der Waals surface area contributed by atoms with Gasteiger partial charge < -0.3 is 10.6 Å². The topological polar surface area (TPSA) is 46.3 Å². The molecule has 0 fully saturated rings. The molecule has 106 valence electrons. The first-order chi connectivity index (χ1) is 9.17.